The number of fused-ring (bicyclic) bond motifs is 1. The van der Waals surface area contributed by atoms with Crippen LogP contribution in [0.15, 0.2) is 24.3 Å². The standard InChI is InChI=1S/C22H31NO4/c1-14(25)23-20-21(2,3)16-12-18-19(27-10-8-22(18,20)13-16)15-4-6-17(7-5-15)26-11-9-24/h4-7,16,18-20,24H,8-13H2,1-3H3,(H,23,25)/t16-,18-,19-,20+,22?/m1/s1. The third kappa shape index (κ3) is 2.95. The summed E-state index contributed by atoms with van der Waals surface area (Å²) in [5.41, 5.74) is 1.45. The molecular weight excluding hydrogens is 342 g/mol. The molecule has 1 heterocycles. The summed E-state index contributed by atoms with van der Waals surface area (Å²) in [5.74, 6) is 1.90. The molecule has 27 heavy (non-hydrogen) atoms. The van der Waals surface area contributed by atoms with Crippen molar-refractivity contribution in [2.24, 2.45) is 22.7 Å². The molecule has 2 saturated carbocycles. The average Bonchev–Trinajstić information content (AvgIpc) is 3.13. The Labute approximate surface area is 161 Å². The molecule has 3 fully saturated rings. The summed E-state index contributed by atoms with van der Waals surface area (Å²) in [6.07, 6.45) is 3.45. The first-order chi connectivity index (χ1) is 12.9. The second-order valence-electron chi connectivity index (χ2n) is 9.11. The Bertz CT molecular complexity index is 701. The Morgan fingerprint density at radius 1 is 1.33 bits per heavy atom. The fraction of sp³-hybridized carbons (Fsp3) is 0.682. The first-order valence-electron chi connectivity index (χ1n) is 10.1. The van der Waals surface area contributed by atoms with Crippen LogP contribution in [-0.4, -0.2) is 36.9 Å². The molecule has 0 aromatic heterocycles. The molecule has 1 aromatic rings. The zero-order valence-corrected chi connectivity index (χ0v) is 16.5. The van der Waals surface area contributed by atoms with Gasteiger partial charge >= 0.3 is 0 Å². The lowest BCUT2D eigenvalue weighted by Gasteiger charge is -2.53. The van der Waals surface area contributed by atoms with Crippen molar-refractivity contribution < 1.29 is 19.4 Å². The van der Waals surface area contributed by atoms with Crippen molar-refractivity contribution in [2.45, 2.75) is 52.2 Å². The quantitative estimate of drug-likeness (QED) is 0.832. The smallest absolute Gasteiger partial charge is 0.217 e. The molecule has 1 amide bonds. The van der Waals surface area contributed by atoms with Crippen LogP contribution in [0.25, 0.3) is 0 Å². The van der Waals surface area contributed by atoms with Crippen LogP contribution in [0.2, 0.25) is 0 Å². The maximum absolute atomic E-state index is 11.9. The first-order valence-corrected chi connectivity index (χ1v) is 10.1. The van der Waals surface area contributed by atoms with Gasteiger partial charge in [0, 0.05) is 19.6 Å². The molecule has 2 N–H and O–H groups in total. The van der Waals surface area contributed by atoms with Crippen molar-refractivity contribution in [3.8, 4) is 5.75 Å². The van der Waals surface area contributed by atoms with Crippen LogP contribution in [0.1, 0.15) is 51.7 Å². The maximum Gasteiger partial charge on any atom is 0.217 e. The van der Waals surface area contributed by atoms with Gasteiger partial charge in [-0.15, -0.1) is 0 Å². The fourth-order valence-corrected chi connectivity index (χ4v) is 6.24. The fourth-order valence-electron chi connectivity index (χ4n) is 6.24. The molecule has 5 heteroatoms. The zero-order chi connectivity index (χ0) is 19.2. The van der Waals surface area contributed by atoms with Gasteiger partial charge in [0.2, 0.25) is 5.91 Å². The van der Waals surface area contributed by atoms with E-state index in [1.165, 1.54) is 12.0 Å². The van der Waals surface area contributed by atoms with Gasteiger partial charge in [0.1, 0.15) is 12.4 Å². The topological polar surface area (TPSA) is 67.8 Å². The first kappa shape index (κ1) is 18.8. The van der Waals surface area contributed by atoms with Gasteiger partial charge in [-0.25, -0.2) is 0 Å². The predicted molar refractivity (Wildman–Crippen MR) is 102 cm³/mol. The second kappa shape index (κ2) is 6.78. The van der Waals surface area contributed by atoms with Crippen LogP contribution >= 0.6 is 0 Å². The lowest BCUT2D eigenvalue weighted by Crippen LogP contribution is -2.58. The predicted octanol–water partition coefficient (Wildman–Crippen LogP) is 3.08. The van der Waals surface area contributed by atoms with Gasteiger partial charge in [-0.05, 0) is 59.6 Å². The van der Waals surface area contributed by atoms with Crippen molar-refractivity contribution in [3.05, 3.63) is 29.8 Å². The van der Waals surface area contributed by atoms with Crippen molar-refractivity contribution >= 4 is 5.91 Å². The normalized spacial score (nSPS) is 36.3. The average molecular weight is 373 g/mol. The van der Waals surface area contributed by atoms with Crippen molar-refractivity contribution in [1.82, 2.24) is 5.32 Å². The van der Waals surface area contributed by atoms with E-state index in [-0.39, 0.29) is 35.5 Å². The highest BCUT2D eigenvalue weighted by Crippen LogP contribution is 2.70. The minimum atomic E-state index is 0.0137. The zero-order valence-electron chi connectivity index (χ0n) is 16.5. The number of ether oxygens (including phenoxy) is 2. The van der Waals surface area contributed by atoms with Crippen LogP contribution in [0.5, 0.6) is 5.75 Å². The van der Waals surface area contributed by atoms with Gasteiger partial charge in [0.25, 0.3) is 0 Å². The molecule has 2 aliphatic carbocycles. The molecule has 5 atom stereocenters. The molecule has 1 saturated heterocycles. The molecule has 5 nitrogen and oxygen atoms in total. The third-order valence-electron chi connectivity index (χ3n) is 7.42. The maximum atomic E-state index is 11.9. The third-order valence-corrected chi connectivity index (χ3v) is 7.42. The number of hydrogen-bond donors (Lipinski definition) is 2. The minimum Gasteiger partial charge on any atom is -0.491 e. The molecular formula is C22H31NO4. The molecule has 148 valence electrons. The lowest BCUT2D eigenvalue weighted by atomic mass is 9.59. The van der Waals surface area contributed by atoms with Crippen LogP contribution in [0.3, 0.4) is 0 Å². The van der Waals surface area contributed by atoms with Gasteiger partial charge in [0.15, 0.2) is 0 Å². The van der Waals surface area contributed by atoms with E-state index in [1.54, 1.807) is 6.92 Å². The highest BCUT2D eigenvalue weighted by Gasteiger charge is 2.68. The van der Waals surface area contributed by atoms with E-state index in [9.17, 15) is 4.79 Å². The molecule has 1 aliphatic heterocycles. The van der Waals surface area contributed by atoms with Crippen molar-refractivity contribution in [2.75, 3.05) is 19.8 Å². The summed E-state index contributed by atoms with van der Waals surface area (Å²) in [6.45, 7) is 7.33. The van der Waals surface area contributed by atoms with E-state index in [2.05, 4.69) is 31.3 Å². The number of carbonyl (C=O) groups excluding carboxylic acids is 1. The van der Waals surface area contributed by atoms with Gasteiger partial charge in [0.05, 0.1) is 12.7 Å². The van der Waals surface area contributed by atoms with E-state index in [1.807, 2.05) is 12.1 Å². The van der Waals surface area contributed by atoms with Crippen molar-refractivity contribution in [1.29, 1.82) is 0 Å². The molecule has 1 aromatic carbocycles. The summed E-state index contributed by atoms with van der Waals surface area (Å²) in [6, 6.07) is 8.29. The molecule has 4 rings (SSSR count). The Morgan fingerprint density at radius 3 is 2.74 bits per heavy atom. The van der Waals surface area contributed by atoms with Crippen molar-refractivity contribution in [3.63, 3.8) is 0 Å². The van der Waals surface area contributed by atoms with E-state index >= 15 is 0 Å². The molecule has 1 unspecified atom stereocenters. The Balaban J connectivity index is 1.60. The van der Waals surface area contributed by atoms with E-state index in [0.29, 0.717) is 18.4 Å². The summed E-state index contributed by atoms with van der Waals surface area (Å²) in [5, 5.41) is 12.2. The highest BCUT2D eigenvalue weighted by atomic mass is 16.5. The summed E-state index contributed by atoms with van der Waals surface area (Å²) < 4.78 is 11.8. The molecule has 0 radical (unpaired) electrons. The Morgan fingerprint density at radius 2 is 2.07 bits per heavy atom. The van der Waals surface area contributed by atoms with E-state index in [4.69, 9.17) is 14.6 Å². The van der Waals surface area contributed by atoms with Gasteiger partial charge in [-0.2, -0.15) is 0 Å². The number of amides is 1. The SMILES string of the molecule is CC(=O)N[C@H]1C(C)(C)[C@@H]2C[C@@H]3[C@@H](c4ccc(OCCO)cc4)OCCC31C2. The molecule has 2 bridgehead atoms. The number of hydrogen-bond acceptors (Lipinski definition) is 4. The number of aliphatic hydroxyl groups excluding tert-OH is 1. The van der Waals surface area contributed by atoms with Gasteiger partial charge < -0.3 is 19.9 Å². The number of aliphatic hydroxyl groups is 1. The summed E-state index contributed by atoms with van der Waals surface area (Å²) in [4.78, 5) is 11.9. The van der Waals surface area contributed by atoms with Gasteiger partial charge in [-0.1, -0.05) is 26.0 Å². The summed E-state index contributed by atoms with van der Waals surface area (Å²) in [7, 11) is 0. The van der Waals surface area contributed by atoms with Crippen LogP contribution < -0.4 is 10.1 Å². The Kier molecular flexibility index (Phi) is 4.71. The van der Waals surface area contributed by atoms with Gasteiger partial charge in [-0.3, -0.25) is 4.79 Å². The number of carbonyl (C=O) groups is 1. The highest BCUT2D eigenvalue weighted by molar-refractivity contribution is 5.73. The van der Waals surface area contributed by atoms with Crippen LogP contribution in [-0.2, 0) is 9.53 Å². The second-order valence-corrected chi connectivity index (χ2v) is 9.11. The molecule has 3 aliphatic rings. The lowest BCUT2D eigenvalue weighted by molar-refractivity contribution is -0.136. The van der Waals surface area contributed by atoms with E-state index in [0.717, 1.165) is 25.2 Å². The number of nitrogens with one attached hydrogen (secondary N) is 1. The number of benzene rings is 1. The summed E-state index contributed by atoms with van der Waals surface area (Å²) >= 11 is 0. The largest absolute Gasteiger partial charge is 0.491 e. The van der Waals surface area contributed by atoms with Crippen LogP contribution in [0.4, 0.5) is 0 Å². The Hall–Kier alpha value is -1.59. The minimum absolute atomic E-state index is 0.0137. The number of rotatable bonds is 5. The monoisotopic (exact) mass is 373 g/mol. The van der Waals surface area contributed by atoms with E-state index < -0.39 is 0 Å². The molecule has 1 spiro atoms. The van der Waals surface area contributed by atoms with Crippen LogP contribution in [0, 0.1) is 22.7 Å².